The number of hydrogen-bond acceptors (Lipinski definition) is 1. The third-order valence-corrected chi connectivity index (χ3v) is 2.01. The second kappa shape index (κ2) is 2.27. The summed E-state index contributed by atoms with van der Waals surface area (Å²) in [6.07, 6.45) is -4.18. The van der Waals surface area contributed by atoms with Crippen molar-refractivity contribution in [1.29, 1.82) is 0 Å². The van der Waals surface area contributed by atoms with Gasteiger partial charge in [0.15, 0.2) is 0 Å². The van der Waals surface area contributed by atoms with E-state index in [1.807, 2.05) is 0 Å². The number of aryl methyl sites for hydroxylation is 1. The number of alkyl halides is 3. The molecule has 1 aromatic rings. The molecule has 0 atom stereocenters. The van der Waals surface area contributed by atoms with Gasteiger partial charge in [0.05, 0.1) is 5.56 Å². The summed E-state index contributed by atoms with van der Waals surface area (Å²) in [7, 11) is 0. The molecule has 0 nitrogen and oxygen atoms in total. The topological polar surface area (TPSA) is 0 Å². The van der Waals surface area contributed by atoms with Crippen LogP contribution in [0.25, 0.3) is 0 Å². The van der Waals surface area contributed by atoms with Crippen molar-refractivity contribution < 1.29 is 13.2 Å². The highest BCUT2D eigenvalue weighted by Crippen LogP contribution is 2.33. The molecule has 0 N–H and O–H groups in total. The van der Waals surface area contributed by atoms with Crippen molar-refractivity contribution in [3.05, 3.63) is 21.9 Å². The van der Waals surface area contributed by atoms with E-state index in [-0.39, 0.29) is 0 Å². The summed E-state index contributed by atoms with van der Waals surface area (Å²) in [5.74, 6) is 0. The van der Waals surface area contributed by atoms with Crippen LogP contribution >= 0.6 is 11.3 Å². The summed E-state index contributed by atoms with van der Waals surface area (Å²) in [6, 6.07) is 1.10. The highest BCUT2D eigenvalue weighted by Gasteiger charge is 2.32. The fourth-order valence-electron chi connectivity index (χ4n) is 0.679. The average molecular weight is 166 g/mol. The summed E-state index contributed by atoms with van der Waals surface area (Å²) in [5.41, 5.74) is -0.516. The SMILES string of the molecule is Cc1sccc1C(F)(F)F. The van der Waals surface area contributed by atoms with E-state index in [0.717, 1.165) is 17.4 Å². The van der Waals surface area contributed by atoms with Gasteiger partial charge in [0.2, 0.25) is 0 Å². The van der Waals surface area contributed by atoms with Gasteiger partial charge in [-0.1, -0.05) is 0 Å². The maximum absolute atomic E-state index is 11.9. The van der Waals surface area contributed by atoms with E-state index in [1.54, 1.807) is 0 Å². The van der Waals surface area contributed by atoms with Crippen molar-refractivity contribution in [3.8, 4) is 0 Å². The van der Waals surface area contributed by atoms with Crippen LogP contribution in [0.4, 0.5) is 13.2 Å². The van der Waals surface area contributed by atoms with Crippen LogP contribution in [0.5, 0.6) is 0 Å². The third kappa shape index (κ3) is 1.31. The first-order valence-electron chi connectivity index (χ1n) is 2.63. The van der Waals surface area contributed by atoms with Crippen LogP contribution in [-0.4, -0.2) is 0 Å². The first kappa shape index (κ1) is 7.60. The minimum atomic E-state index is -4.18. The molecular formula is C6H5F3S. The molecule has 0 aliphatic rings. The van der Waals surface area contributed by atoms with Gasteiger partial charge in [0.25, 0.3) is 0 Å². The molecule has 4 heteroatoms. The molecule has 56 valence electrons. The highest BCUT2D eigenvalue weighted by atomic mass is 32.1. The fraction of sp³-hybridized carbons (Fsp3) is 0.333. The van der Waals surface area contributed by atoms with E-state index in [4.69, 9.17) is 0 Å². The van der Waals surface area contributed by atoms with Gasteiger partial charge in [-0.05, 0) is 18.4 Å². The fourth-order valence-corrected chi connectivity index (χ4v) is 1.40. The van der Waals surface area contributed by atoms with Crippen LogP contribution < -0.4 is 0 Å². The lowest BCUT2D eigenvalue weighted by Gasteiger charge is -2.03. The van der Waals surface area contributed by atoms with Crippen molar-refractivity contribution in [2.24, 2.45) is 0 Å². The number of rotatable bonds is 0. The van der Waals surface area contributed by atoms with Gasteiger partial charge in [-0.25, -0.2) is 0 Å². The molecular weight excluding hydrogens is 161 g/mol. The maximum Gasteiger partial charge on any atom is 0.417 e. The van der Waals surface area contributed by atoms with Crippen molar-refractivity contribution in [2.45, 2.75) is 13.1 Å². The Labute approximate surface area is 60.3 Å². The molecule has 0 fully saturated rings. The molecule has 0 amide bonds. The zero-order chi connectivity index (χ0) is 7.78. The van der Waals surface area contributed by atoms with Gasteiger partial charge < -0.3 is 0 Å². The monoisotopic (exact) mass is 166 g/mol. The van der Waals surface area contributed by atoms with Gasteiger partial charge >= 0.3 is 6.18 Å². The summed E-state index contributed by atoms with van der Waals surface area (Å²) in [5, 5.41) is 1.44. The van der Waals surface area contributed by atoms with Crippen LogP contribution in [-0.2, 0) is 6.18 Å². The van der Waals surface area contributed by atoms with Crippen molar-refractivity contribution in [1.82, 2.24) is 0 Å². The highest BCUT2D eigenvalue weighted by molar-refractivity contribution is 7.10. The van der Waals surface area contributed by atoms with Crippen molar-refractivity contribution >= 4 is 11.3 Å². The Morgan fingerprint density at radius 2 is 2.00 bits per heavy atom. The van der Waals surface area contributed by atoms with E-state index in [1.165, 1.54) is 12.3 Å². The molecule has 1 rings (SSSR count). The molecule has 1 aromatic heterocycles. The van der Waals surface area contributed by atoms with Gasteiger partial charge in [0, 0.05) is 4.88 Å². The standard InChI is InChI=1S/C6H5F3S/c1-4-5(2-3-10-4)6(7,8)9/h2-3H,1H3. The predicted octanol–water partition coefficient (Wildman–Crippen LogP) is 3.08. The maximum atomic E-state index is 11.9. The third-order valence-electron chi connectivity index (χ3n) is 1.16. The van der Waals surface area contributed by atoms with Crippen molar-refractivity contribution in [2.75, 3.05) is 0 Å². The number of hydrogen-bond donors (Lipinski definition) is 0. The molecule has 0 saturated heterocycles. The molecule has 0 bridgehead atoms. The van der Waals surface area contributed by atoms with Crippen molar-refractivity contribution in [3.63, 3.8) is 0 Å². The average Bonchev–Trinajstić information content (AvgIpc) is 2.11. The molecule has 0 aromatic carbocycles. The van der Waals surface area contributed by atoms with E-state index in [9.17, 15) is 13.2 Å². The minimum Gasteiger partial charge on any atom is -0.166 e. The first-order valence-corrected chi connectivity index (χ1v) is 3.51. The lowest BCUT2D eigenvalue weighted by Crippen LogP contribution is -2.03. The van der Waals surface area contributed by atoms with Gasteiger partial charge in [-0.2, -0.15) is 13.2 Å². The normalized spacial score (nSPS) is 12.0. The summed E-state index contributed by atoms with van der Waals surface area (Å²) >= 11 is 1.11. The summed E-state index contributed by atoms with van der Waals surface area (Å²) in [4.78, 5) is 0.326. The van der Waals surface area contributed by atoms with Crippen LogP contribution in [0.2, 0.25) is 0 Å². The second-order valence-corrected chi connectivity index (χ2v) is 3.01. The van der Waals surface area contributed by atoms with E-state index in [2.05, 4.69) is 0 Å². The van der Waals surface area contributed by atoms with Gasteiger partial charge in [0.1, 0.15) is 0 Å². The van der Waals surface area contributed by atoms with Gasteiger partial charge in [-0.15, -0.1) is 11.3 Å². The van der Waals surface area contributed by atoms with Crippen LogP contribution in [0.3, 0.4) is 0 Å². The van der Waals surface area contributed by atoms with E-state index < -0.39 is 11.7 Å². The molecule has 10 heavy (non-hydrogen) atoms. The lowest BCUT2D eigenvalue weighted by atomic mass is 10.3. The Bertz CT molecular complexity index is 223. The molecule has 0 aliphatic heterocycles. The molecule has 0 spiro atoms. The van der Waals surface area contributed by atoms with E-state index >= 15 is 0 Å². The predicted molar refractivity (Wildman–Crippen MR) is 34.1 cm³/mol. The Morgan fingerprint density at radius 3 is 2.20 bits per heavy atom. The minimum absolute atomic E-state index is 0.326. The van der Waals surface area contributed by atoms with E-state index in [0.29, 0.717) is 4.88 Å². The summed E-state index contributed by atoms with van der Waals surface area (Å²) < 4.78 is 35.7. The second-order valence-electron chi connectivity index (χ2n) is 1.89. The smallest absolute Gasteiger partial charge is 0.166 e. The molecule has 0 saturated carbocycles. The van der Waals surface area contributed by atoms with Crippen LogP contribution in [0, 0.1) is 6.92 Å². The van der Waals surface area contributed by atoms with Crippen LogP contribution in [0.15, 0.2) is 11.4 Å². The first-order chi connectivity index (χ1) is 4.52. The Hall–Kier alpha value is -0.510. The number of thiophene rings is 1. The zero-order valence-corrected chi connectivity index (χ0v) is 6.01. The lowest BCUT2D eigenvalue weighted by molar-refractivity contribution is -0.137. The molecule has 0 aliphatic carbocycles. The Morgan fingerprint density at radius 1 is 1.40 bits per heavy atom. The largest absolute Gasteiger partial charge is 0.417 e. The molecule has 1 heterocycles. The van der Waals surface area contributed by atoms with Gasteiger partial charge in [-0.3, -0.25) is 0 Å². The number of halogens is 3. The molecule has 0 radical (unpaired) electrons. The van der Waals surface area contributed by atoms with Crippen LogP contribution in [0.1, 0.15) is 10.4 Å². The zero-order valence-electron chi connectivity index (χ0n) is 5.20. The summed E-state index contributed by atoms with van der Waals surface area (Å²) in [6.45, 7) is 1.47. The Balaban J connectivity index is 3.05. The Kier molecular flexibility index (Phi) is 1.72. The quantitative estimate of drug-likeness (QED) is 0.555. The molecule has 0 unspecified atom stereocenters.